The zero-order valence-corrected chi connectivity index (χ0v) is 15.2. The molecule has 0 saturated heterocycles. The number of ketones is 1. The summed E-state index contributed by atoms with van der Waals surface area (Å²) in [7, 11) is -3.72. The molecule has 7 heteroatoms. The highest BCUT2D eigenvalue weighted by atomic mass is 32.2. The van der Waals surface area contributed by atoms with Crippen LogP contribution in [0, 0.1) is 0 Å². The lowest BCUT2D eigenvalue weighted by atomic mass is 10.0. The molecule has 0 aliphatic carbocycles. The number of anilines is 1. The van der Waals surface area contributed by atoms with Gasteiger partial charge in [-0.3, -0.25) is 9.10 Å². The summed E-state index contributed by atoms with van der Waals surface area (Å²) < 4.78 is 32.3. The van der Waals surface area contributed by atoms with Crippen molar-refractivity contribution in [3.05, 3.63) is 59.7 Å². The summed E-state index contributed by atoms with van der Waals surface area (Å²) in [5.74, 6) is -0.922. The van der Waals surface area contributed by atoms with Crippen molar-refractivity contribution in [3.8, 4) is 0 Å². The number of carbonyl (C=O) groups is 2. The molecule has 2 aromatic carbocycles. The van der Waals surface area contributed by atoms with Gasteiger partial charge in [0.15, 0.2) is 5.78 Å². The van der Waals surface area contributed by atoms with Crippen LogP contribution in [0.5, 0.6) is 0 Å². The number of benzene rings is 2. The normalized spacial score (nSPS) is 13.8. The Bertz CT molecular complexity index is 935. The summed E-state index contributed by atoms with van der Waals surface area (Å²) in [6, 6.07) is 13.0. The first-order valence-corrected chi connectivity index (χ1v) is 9.71. The standard InChI is InChI=1S/C19H19NO5S/c1-14(21)13-25-19(22)16-8-10-17(11-9-16)26(23,24)20-12-4-6-15-5-2-3-7-18(15)20/h2-3,5,7-11H,4,6,12-13H2,1H3. The highest BCUT2D eigenvalue weighted by molar-refractivity contribution is 7.92. The van der Waals surface area contributed by atoms with E-state index >= 15 is 0 Å². The number of carbonyl (C=O) groups excluding carboxylic acids is 2. The van der Waals surface area contributed by atoms with Gasteiger partial charge in [0.1, 0.15) is 6.61 Å². The molecule has 136 valence electrons. The molecule has 3 rings (SSSR count). The number of Topliss-reactive ketones (excluding diaryl/α,β-unsaturated/α-hetero) is 1. The zero-order valence-electron chi connectivity index (χ0n) is 14.3. The van der Waals surface area contributed by atoms with Crippen LogP contribution in [0.15, 0.2) is 53.4 Å². The number of aryl methyl sites for hydroxylation is 1. The van der Waals surface area contributed by atoms with Gasteiger partial charge in [0.05, 0.1) is 16.1 Å². The zero-order chi connectivity index (χ0) is 18.7. The summed E-state index contributed by atoms with van der Waals surface area (Å²) >= 11 is 0. The fraction of sp³-hybridized carbons (Fsp3) is 0.263. The lowest BCUT2D eigenvalue weighted by Crippen LogP contribution is -2.35. The van der Waals surface area contributed by atoms with Gasteiger partial charge in [-0.25, -0.2) is 13.2 Å². The highest BCUT2D eigenvalue weighted by Crippen LogP contribution is 2.31. The van der Waals surface area contributed by atoms with E-state index in [0.717, 1.165) is 18.4 Å². The van der Waals surface area contributed by atoms with Crippen molar-refractivity contribution >= 4 is 27.5 Å². The Balaban J connectivity index is 1.85. The predicted octanol–water partition coefficient (Wildman–Crippen LogP) is 2.57. The minimum absolute atomic E-state index is 0.109. The topological polar surface area (TPSA) is 80.8 Å². The van der Waals surface area contributed by atoms with E-state index in [9.17, 15) is 18.0 Å². The maximum atomic E-state index is 13.0. The van der Waals surface area contributed by atoms with E-state index in [-0.39, 0.29) is 22.8 Å². The molecule has 0 aromatic heterocycles. The highest BCUT2D eigenvalue weighted by Gasteiger charge is 2.29. The average molecular weight is 373 g/mol. The van der Waals surface area contributed by atoms with E-state index in [2.05, 4.69) is 0 Å². The first-order chi connectivity index (χ1) is 12.4. The van der Waals surface area contributed by atoms with Crippen LogP contribution >= 0.6 is 0 Å². The molecule has 0 bridgehead atoms. The molecule has 0 amide bonds. The Morgan fingerprint density at radius 2 is 1.77 bits per heavy atom. The third-order valence-electron chi connectivity index (χ3n) is 4.15. The van der Waals surface area contributed by atoms with Gasteiger partial charge in [-0.1, -0.05) is 18.2 Å². The third kappa shape index (κ3) is 3.62. The van der Waals surface area contributed by atoms with Crippen molar-refractivity contribution in [3.63, 3.8) is 0 Å². The molecule has 1 aliphatic heterocycles. The molecule has 0 unspecified atom stereocenters. The van der Waals surface area contributed by atoms with Gasteiger partial charge in [-0.2, -0.15) is 0 Å². The number of sulfonamides is 1. The summed E-state index contributed by atoms with van der Waals surface area (Å²) in [6.45, 7) is 1.44. The number of rotatable bonds is 5. The van der Waals surface area contributed by atoms with Gasteiger partial charge in [-0.05, 0) is 55.7 Å². The Labute approximate surface area is 152 Å². The summed E-state index contributed by atoms with van der Waals surface area (Å²) in [5.41, 5.74) is 1.90. The van der Waals surface area contributed by atoms with Crippen molar-refractivity contribution in [2.45, 2.75) is 24.7 Å². The smallest absolute Gasteiger partial charge is 0.338 e. The fourth-order valence-electron chi connectivity index (χ4n) is 2.89. The Kier molecular flexibility index (Phi) is 5.08. The Morgan fingerprint density at radius 1 is 1.08 bits per heavy atom. The Morgan fingerprint density at radius 3 is 2.46 bits per heavy atom. The molecule has 0 radical (unpaired) electrons. The van der Waals surface area contributed by atoms with Crippen molar-refractivity contribution in [2.24, 2.45) is 0 Å². The second-order valence-electron chi connectivity index (χ2n) is 6.11. The van der Waals surface area contributed by atoms with Crippen LogP contribution in [0.25, 0.3) is 0 Å². The summed E-state index contributed by atoms with van der Waals surface area (Å²) in [6.07, 6.45) is 1.61. The number of para-hydroxylation sites is 1. The molecule has 0 N–H and O–H groups in total. The van der Waals surface area contributed by atoms with Crippen molar-refractivity contribution in [1.82, 2.24) is 0 Å². The Hall–Kier alpha value is -2.67. The molecule has 2 aromatic rings. The van der Waals surface area contributed by atoms with E-state index in [1.54, 1.807) is 6.07 Å². The molecule has 0 atom stereocenters. The molecule has 26 heavy (non-hydrogen) atoms. The average Bonchev–Trinajstić information content (AvgIpc) is 2.65. The van der Waals surface area contributed by atoms with E-state index < -0.39 is 16.0 Å². The quantitative estimate of drug-likeness (QED) is 0.753. The molecule has 0 fully saturated rings. The van der Waals surface area contributed by atoms with Gasteiger partial charge in [0.2, 0.25) is 0 Å². The lowest BCUT2D eigenvalue weighted by molar-refractivity contribution is -0.120. The van der Waals surface area contributed by atoms with Crippen LogP contribution in [0.4, 0.5) is 5.69 Å². The van der Waals surface area contributed by atoms with E-state index in [0.29, 0.717) is 12.2 Å². The molecular formula is C19H19NO5S. The molecular weight excluding hydrogens is 354 g/mol. The number of hydrogen-bond donors (Lipinski definition) is 0. The maximum absolute atomic E-state index is 13.0. The fourth-order valence-corrected chi connectivity index (χ4v) is 4.43. The third-order valence-corrected chi connectivity index (χ3v) is 5.98. The lowest BCUT2D eigenvalue weighted by Gasteiger charge is -2.30. The number of hydrogen-bond acceptors (Lipinski definition) is 5. The van der Waals surface area contributed by atoms with E-state index in [1.807, 2.05) is 18.2 Å². The van der Waals surface area contributed by atoms with Gasteiger partial charge >= 0.3 is 5.97 Å². The van der Waals surface area contributed by atoms with E-state index in [1.165, 1.54) is 35.5 Å². The second-order valence-corrected chi connectivity index (χ2v) is 7.97. The van der Waals surface area contributed by atoms with Gasteiger partial charge < -0.3 is 4.74 Å². The van der Waals surface area contributed by atoms with Crippen molar-refractivity contribution < 1.29 is 22.7 Å². The number of esters is 1. The van der Waals surface area contributed by atoms with Gasteiger partial charge in [0.25, 0.3) is 10.0 Å². The van der Waals surface area contributed by atoms with Crippen LogP contribution in [-0.2, 0) is 26.0 Å². The molecule has 6 nitrogen and oxygen atoms in total. The van der Waals surface area contributed by atoms with E-state index in [4.69, 9.17) is 4.74 Å². The first kappa shape index (κ1) is 18.1. The minimum Gasteiger partial charge on any atom is -0.454 e. The van der Waals surface area contributed by atoms with Crippen molar-refractivity contribution in [2.75, 3.05) is 17.5 Å². The second kappa shape index (κ2) is 7.29. The minimum atomic E-state index is -3.72. The maximum Gasteiger partial charge on any atom is 0.338 e. The predicted molar refractivity (Wildman–Crippen MR) is 96.7 cm³/mol. The van der Waals surface area contributed by atoms with Gasteiger partial charge in [-0.15, -0.1) is 0 Å². The number of nitrogens with zero attached hydrogens (tertiary/aromatic N) is 1. The first-order valence-electron chi connectivity index (χ1n) is 8.27. The summed E-state index contributed by atoms with van der Waals surface area (Å²) in [4.78, 5) is 22.8. The van der Waals surface area contributed by atoms with Crippen LogP contribution in [0.1, 0.15) is 29.3 Å². The molecule has 1 aliphatic rings. The van der Waals surface area contributed by atoms with Gasteiger partial charge in [0, 0.05) is 6.54 Å². The van der Waals surface area contributed by atoms with Crippen molar-refractivity contribution in [1.29, 1.82) is 0 Å². The molecule has 1 heterocycles. The van der Waals surface area contributed by atoms with Crippen LogP contribution in [-0.4, -0.2) is 33.3 Å². The number of ether oxygens (including phenoxy) is 1. The SMILES string of the molecule is CC(=O)COC(=O)c1ccc(S(=O)(=O)N2CCCc3ccccc32)cc1. The molecule has 0 saturated carbocycles. The molecule has 0 spiro atoms. The largest absolute Gasteiger partial charge is 0.454 e. The summed E-state index contributed by atoms with van der Waals surface area (Å²) in [5, 5.41) is 0. The van der Waals surface area contributed by atoms with Crippen LogP contribution in [0.3, 0.4) is 0 Å². The monoisotopic (exact) mass is 373 g/mol. The van der Waals surface area contributed by atoms with Crippen LogP contribution < -0.4 is 4.31 Å². The van der Waals surface area contributed by atoms with Crippen LogP contribution in [0.2, 0.25) is 0 Å². The number of fused-ring (bicyclic) bond motifs is 1.